The van der Waals surface area contributed by atoms with E-state index in [9.17, 15) is 10.1 Å². The Hall–Kier alpha value is -3.16. The summed E-state index contributed by atoms with van der Waals surface area (Å²) in [4.78, 5) is 18.5. The van der Waals surface area contributed by atoms with Crippen LogP contribution in [0.5, 0.6) is 0 Å². The number of para-hydroxylation sites is 1. The number of nitrogens with one attached hydrogen (secondary N) is 2. The smallest absolute Gasteiger partial charge is 0.353 e. The second kappa shape index (κ2) is 6.33. The van der Waals surface area contributed by atoms with Crippen molar-refractivity contribution in [1.82, 2.24) is 9.97 Å². The molecule has 2 aromatic rings. The van der Waals surface area contributed by atoms with Crippen LogP contribution in [0.15, 0.2) is 43.0 Å². The molecule has 8 heteroatoms. The predicted molar refractivity (Wildman–Crippen MR) is 81.5 cm³/mol. The number of hydrogen-bond acceptors (Lipinski definition) is 7. The van der Waals surface area contributed by atoms with Crippen molar-refractivity contribution in [2.45, 2.75) is 0 Å². The number of nitro groups is 1. The van der Waals surface area contributed by atoms with Crippen molar-refractivity contribution in [3.05, 3.63) is 53.1 Å². The van der Waals surface area contributed by atoms with Gasteiger partial charge in [0.2, 0.25) is 17.6 Å². The van der Waals surface area contributed by atoms with Gasteiger partial charge in [0.15, 0.2) is 0 Å². The molecule has 0 radical (unpaired) electrons. The Morgan fingerprint density at radius 1 is 1.33 bits per heavy atom. The van der Waals surface area contributed by atoms with Crippen LogP contribution in [-0.4, -0.2) is 21.4 Å². The fourth-order valence-corrected chi connectivity index (χ4v) is 1.64. The Kier molecular flexibility index (Phi) is 4.30. The van der Waals surface area contributed by atoms with E-state index in [1.165, 1.54) is 0 Å². The quantitative estimate of drug-likeness (QED) is 0.423. The number of anilines is 4. The van der Waals surface area contributed by atoms with Crippen LogP contribution in [0.3, 0.4) is 0 Å². The van der Waals surface area contributed by atoms with Crippen molar-refractivity contribution in [1.29, 1.82) is 0 Å². The minimum Gasteiger partial charge on any atom is -0.378 e. The van der Waals surface area contributed by atoms with E-state index in [2.05, 4.69) is 27.2 Å². The van der Waals surface area contributed by atoms with Crippen LogP contribution in [0.25, 0.3) is 0 Å². The van der Waals surface area contributed by atoms with Gasteiger partial charge >= 0.3 is 5.69 Å². The molecule has 0 unspecified atom stereocenters. The van der Waals surface area contributed by atoms with Gasteiger partial charge in [-0.2, -0.15) is 9.97 Å². The van der Waals surface area contributed by atoms with E-state index in [0.717, 1.165) is 0 Å². The van der Waals surface area contributed by atoms with Crippen LogP contribution in [0, 0.1) is 10.1 Å². The molecule has 0 saturated carbocycles. The summed E-state index contributed by atoms with van der Waals surface area (Å²) in [6, 6.07) is 8.97. The molecule has 1 aromatic heterocycles. The largest absolute Gasteiger partial charge is 0.378 e. The lowest BCUT2D eigenvalue weighted by molar-refractivity contribution is -0.383. The van der Waals surface area contributed by atoms with Crippen molar-refractivity contribution < 1.29 is 4.92 Å². The van der Waals surface area contributed by atoms with E-state index in [1.807, 2.05) is 6.07 Å². The second-order valence-corrected chi connectivity index (χ2v) is 4.05. The summed E-state index contributed by atoms with van der Waals surface area (Å²) in [5, 5.41) is 16.8. The SMILES string of the molecule is C=CCNc1nc(N)c([N+](=O)[O-])c(Nc2ccccc2)n1. The van der Waals surface area contributed by atoms with Crippen LogP contribution in [0.2, 0.25) is 0 Å². The number of nitrogens with zero attached hydrogens (tertiary/aromatic N) is 3. The van der Waals surface area contributed by atoms with Gasteiger partial charge in [-0.05, 0) is 12.1 Å². The molecule has 1 aromatic carbocycles. The summed E-state index contributed by atoms with van der Waals surface area (Å²) in [6.07, 6.45) is 1.62. The molecule has 0 atom stereocenters. The maximum Gasteiger partial charge on any atom is 0.353 e. The van der Waals surface area contributed by atoms with E-state index < -0.39 is 4.92 Å². The van der Waals surface area contributed by atoms with Crippen LogP contribution < -0.4 is 16.4 Å². The number of rotatable bonds is 6. The molecule has 108 valence electrons. The molecule has 4 N–H and O–H groups in total. The lowest BCUT2D eigenvalue weighted by atomic mass is 10.3. The van der Waals surface area contributed by atoms with E-state index >= 15 is 0 Å². The zero-order chi connectivity index (χ0) is 15.2. The number of nitrogens with two attached hydrogens (primary N) is 1. The maximum atomic E-state index is 11.1. The molecule has 2 rings (SSSR count). The van der Waals surface area contributed by atoms with Crippen LogP contribution >= 0.6 is 0 Å². The van der Waals surface area contributed by atoms with Gasteiger partial charge in [0, 0.05) is 12.2 Å². The zero-order valence-corrected chi connectivity index (χ0v) is 11.1. The van der Waals surface area contributed by atoms with Crippen molar-refractivity contribution in [3.63, 3.8) is 0 Å². The third-order valence-corrected chi connectivity index (χ3v) is 2.53. The van der Waals surface area contributed by atoms with Crippen molar-refractivity contribution in [3.8, 4) is 0 Å². The normalized spacial score (nSPS) is 9.90. The van der Waals surface area contributed by atoms with Gasteiger partial charge in [-0.15, -0.1) is 6.58 Å². The van der Waals surface area contributed by atoms with E-state index in [-0.39, 0.29) is 23.3 Å². The molecule has 0 amide bonds. The zero-order valence-electron chi connectivity index (χ0n) is 11.1. The molecule has 8 nitrogen and oxygen atoms in total. The first-order valence-corrected chi connectivity index (χ1v) is 6.10. The van der Waals surface area contributed by atoms with Gasteiger partial charge in [0.1, 0.15) is 0 Å². The molecule has 21 heavy (non-hydrogen) atoms. The van der Waals surface area contributed by atoms with Crippen LogP contribution in [0.4, 0.5) is 29.0 Å². The first kappa shape index (κ1) is 14.3. The number of benzene rings is 1. The fraction of sp³-hybridized carbons (Fsp3) is 0.0769. The summed E-state index contributed by atoms with van der Waals surface area (Å²) in [5.74, 6) is 0.0155. The highest BCUT2D eigenvalue weighted by Crippen LogP contribution is 2.31. The standard InChI is InChI=1S/C13H14N6O2/c1-2-8-15-13-17-11(14)10(19(20)21)12(18-13)16-9-6-4-3-5-7-9/h2-7H,1,8H2,(H4,14,15,16,17,18). The van der Waals surface area contributed by atoms with Gasteiger partial charge in [-0.25, -0.2) is 0 Å². The molecule has 0 bridgehead atoms. The molecular formula is C13H14N6O2. The van der Waals surface area contributed by atoms with Gasteiger partial charge in [0.05, 0.1) is 4.92 Å². The molecule has 0 saturated heterocycles. The maximum absolute atomic E-state index is 11.1. The van der Waals surface area contributed by atoms with Gasteiger partial charge < -0.3 is 16.4 Å². The first-order chi connectivity index (χ1) is 10.1. The number of aromatic nitrogens is 2. The Morgan fingerprint density at radius 2 is 2.05 bits per heavy atom. The lowest BCUT2D eigenvalue weighted by Gasteiger charge is -2.09. The highest BCUT2D eigenvalue weighted by atomic mass is 16.6. The minimum atomic E-state index is -0.613. The molecule has 0 spiro atoms. The van der Waals surface area contributed by atoms with E-state index in [1.54, 1.807) is 30.3 Å². The van der Waals surface area contributed by atoms with Crippen LogP contribution in [0.1, 0.15) is 0 Å². The van der Waals surface area contributed by atoms with Gasteiger partial charge in [-0.1, -0.05) is 24.3 Å². The van der Waals surface area contributed by atoms with Gasteiger partial charge in [0.25, 0.3) is 0 Å². The first-order valence-electron chi connectivity index (χ1n) is 6.10. The summed E-state index contributed by atoms with van der Waals surface area (Å²) >= 11 is 0. The highest BCUT2D eigenvalue weighted by Gasteiger charge is 2.23. The Balaban J connectivity index is 2.42. The van der Waals surface area contributed by atoms with E-state index in [0.29, 0.717) is 12.2 Å². The summed E-state index contributed by atoms with van der Waals surface area (Å²) < 4.78 is 0. The molecule has 0 aliphatic rings. The summed E-state index contributed by atoms with van der Waals surface area (Å²) in [6.45, 7) is 3.98. The topological polar surface area (TPSA) is 119 Å². The molecule has 1 heterocycles. The predicted octanol–water partition coefficient (Wildman–Crippen LogP) is 2.31. The summed E-state index contributed by atoms with van der Waals surface area (Å²) in [7, 11) is 0. The van der Waals surface area contributed by atoms with Gasteiger partial charge in [-0.3, -0.25) is 10.1 Å². The Morgan fingerprint density at radius 3 is 2.67 bits per heavy atom. The Labute approximate surface area is 120 Å². The highest BCUT2D eigenvalue weighted by molar-refractivity contribution is 5.74. The second-order valence-electron chi connectivity index (χ2n) is 4.05. The van der Waals surface area contributed by atoms with Crippen molar-refractivity contribution in [2.75, 3.05) is 22.9 Å². The van der Waals surface area contributed by atoms with Crippen molar-refractivity contribution >= 4 is 29.0 Å². The van der Waals surface area contributed by atoms with Crippen molar-refractivity contribution in [2.24, 2.45) is 0 Å². The fourth-order valence-electron chi connectivity index (χ4n) is 1.64. The average Bonchev–Trinajstić information content (AvgIpc) is 2.45. The third kappa shape index (κ3) is 3.44. The molecule has 0 aliphatic carbocycles. The monoisotopic (exact) mass is 286 g/mol. The average molecular weight is 286 g/mol. The molecule has 0 fully saturated rings. The lowest BCUT2D eigenvalue weighted by Crippen LogP contribution is -2.10. The Bertz CT molecular complexity index is 659. The number of nitrogen functional groups attached to an aromatic ring is 1. The van der Waals surface area contributed by atoms with E-state index in [4.69, 9.17) is 5.73 Å². The van der Waals surface area contributed by atoms with Crippen LogP contribution in [-0.2, 0) is 0 Å². The number of hydrogen-bond donors (Lipinski definition) is 3. The molecule has 0 aliphatic heterocycles. The summed E-state index contributed by atoms with van der Waals surface area (Å²) in [5.41, 5.74) is 5.95. The minimum absolute atomic E-state index is 0.0327. The third-order valence-electron chi connectivity index (χ3n) is 2.53. The molecular weight excluding hydrogens is 272 g/mol.